The van der Waals surface area contributed by atoms with Crippen molar-refractivity contribution in [1.82, 2.24) is 0 Å². The number of benzene rings is 1. The Hall–Kier alpha value is -1.00. The Morgan fingerprint density at radius 1 is 1.33 bits per heavy atom. The summed E-state index contributed by atoms with van der Waals surface area (Å²) in [6, 6.07) is 7.99. The topological polar surface area (TPSA) is 46.3 Å². The lowest BCUT2D eigenvalue weighted by Crippen LogP contribution is -2.39. The minimum absolute atomic E-state index is 0.0874. The molecule has 1 atom stereocenters. The quantitative estimate of drug-likeness (QED) is 0.833. The standard InChI is InChI=1S/C14H22N2OS/c1-10(2)13(9-15)14(17)16(3)11-5-7-12(18-4)8-6-11/h5-8,10,13H,9,15H2,1-4H3. The number of anilines is 1. The zero-order valence-corrected chi connectivity index (χ0v) is 12.3. The van der Waals surface area contributed by atoms with Gasteiger partial charge in [0, 0.05) is 24.2 Å². The molecule has 1 unspecified atom stereocenters. The second-order valence-corrected chi connectivity index (χ2v) is 5.56. The number of rotatable bonds is 5. The highest BCUT2D eigenvalue weighted by atomic mass is 32.2. The second-order valence-electron chi connectivity index (χ2n) is 4.68. The summed E-state index contributed by atoms with van der Waals surface area (Å²) in [6.45, 7) is 4.45. The summed E-state index contributed by atoms with van der Waals surface area (Å²) in [6.07, 6.45) is 2.03. The number of hydrogen-bond acceptors (Lipinski definition) is 3. The van der Waals surface area contributed by atoms with Crippen molar-refractivity contribution in [1.29, 1.82) is 0 Å². The van der Waals surface area contributed by atoms with Gasteiger partial charge in [-0.15, -0.1) is 11.8 Å². The first kappa shape index (κ1) is 15.1. The Balaban J connectivity index is 2.84. The second kappa shape index (κ2) is 6.81. The molecule has 1 aromatic carbocycles. The molecule has 1 rings (SSSR count). The fraction of sp³-hybridized carbons (Fsp3) is 0.500. The van der Waals surface area contributed by atoms with Crippen LogP contribution in [0.5, 0.6) is 0 Å². The highest BCUT2D eigenvalue weighted by Gasteiger charge is 2.24. The Bertz CT molecular complexity index is 389. The van der Waals surface area contributed by atoms with Gasteiger partial charge in [0.1, 0.15) is 0 Å². The number of amides is 1. The van der Waals surface area contributed by atoms with E-state index in [1.807, 2.05) is 51.4 Å². The maximum absolute atomic E-state index is 12.3. The molecule has 0 saturated carbocycles. The van der Waals surface area contributed by atoms with Crippen LogP contribution in [0, 0.1) is 11.8 Å². The molecule has 1 amide bonds. The Morgan fingerprint density at radius 3 is 2.28 bits per heavy atom. The van der Waals surface area contributed by atoms with Crippen LogP contribution in [0.1, 0.15) is 13.8 Å². The number of thioether (sulfide) groups is 1. The highest BCUT2D eigenvalue weighted by molar-refractivity contribution is 7.98. The number of carbonyl (C=O) groups is 1. The van der Waals surface area contributed by atoms with Crippen molar-refractivity contribution in [2.75, 3.05) is 24.7 Å². The molecular weight excluding hydrogens is 244 g/mol. The average Bonchev–Trinajstić information content (AvgIpc) is 2.38. The number of nitrogens with two attached hydrogens (primary N) is 1. The molecule has 0 spiro atoms. The lowest BCUT2D eigenvalue weighted by Gasteiger charge is -2.25. The van der Waals surface area contributed by atoms with Gasteiger partial charge in [-0.1, -0.05) is 13.8 Å². The fourth-order valence-corrected chi connectivity index (χ4v) is 2.25. The summed E-state index contributed by atoms with van der Waals surface area (Å²) >= 11 is 1.69. The van der Waals surface area contributed by atoms with Gasteiger partial charge in [-0.25, -0.2) is 0 Å². The van der Waals surface area contributed by atoms with Crippen LogP contribution < -0.4 is 10.6 Å². The van der Waals surface area contributed by atoms with Gasteiger partial charge in [0.25, 0.3) is 0 Å². The van der Waals surface area contributed by atoms with Gasteiger partial charge in [-0.2, -0.15) is 0 Å². The average molecular weight is 266 g/mol. The van der Waals surface area contributed by atoms with E-state index in [0.717, 1.165) is 5.69 Å². The van der Waals surface area contributed by atoms with Crippen LogP contribution in [0.3, 0.4) is 0 Å². The minimum atomic E-state index is -0.116. The summed E-state index contributed by atoms with van der Waals surface area (Å²) < 4.78 is 0. The largest absolute Gasteiger partial charge is 0.330 e. The van der Waals surface area contributed by atoms with Gasteiger partial charge < -0.3 is 10.6 Å². The van der Waals surface area contributed by atoms with Crippen molar-refractivity contribution in [2.45, 2.75) is 18.7 Å². The zero-order valence-electron chi connectivity index (χ0n) is 11.5. The normalized spacial score (nSPS) is 12.6. The highest BCUT2D eigenvalue weighted by Crippen LogP contribution is 2.22. The Labute approximate surface area is 114 Å². The lowest BCUT2D eigenvalue weighted by molar-refractivity contribution is -0.123. The van der Waals surface area contributed by atoms with Crippen LogP contribution in [0.15, 0.2) is 29.2 Å². The van der Waals surface area contributed by atoms with Crippen LogP contribution >= 0.6 is 11.8 Å². The van der Waals surface area contributed by atoms with Crippen LogP contribution in [-0.2, 0) is 4.79 Å². The molecule has 4 heteroatoms. The smallest absolute Gasteiger partial charge is 0.231 e. The Kier molecular flexibility index (Phi) is 5.69. The number of nitrogens with zero attached hydrogens (tertiary/aromatic N) is 1. The van der Waals surface area contributed by atoms with Gasteiger partial charge in [0.15, 0.2) is 0 Å². The van der Waals surface area contributed by atoms with Crippen molar-refractivity contribution in [2.24, 2.45) is 17.6 Å². The van der Waals surface area contributed by atoms with E-state index >= 15 is 0 Å². The molecule has 0 aromatic heterocycles. The monoisotopic (exact) mass is 266 g/mol. The van der Waals surface area contributed by atoms with Crippen molar-refractivity contribution in [3.63, 3.8) is 0 Å². The maximum Gasteiger partial charge on any atom is 0.231 e. The van der Waals surface area contributed by atoms with Gasteiger partial charge in [0.05, 0.1) is 5.92 Å². The first-order valence-corrected chi connectivity index (χ1v) is 7.35. The molecule has 0 aliphatic rings. The number of hydrogen-bond donors (Lipinski definition) is 1. The van der Waals surface area contributed by atoms with E-state index in [2.05, 4.69) is 0 Å². The van der Waals surface area contributed by atoms with Crippen molar-refractivity contribution < 1.29 is 4.79 Å². The SMILES string of the molecule is CSc1ccc(N(C)C(=O)C(CN)C(C)C)cc1. The molecule has 1 aromatic rings. The van der Waals surface area contributed by atoms with Crippen molar-refractivity contribution >= 4 is 23.4 Å². The van der Waals surface area contributed by atoms with Crippen molar-refractivity contribution in [3.05, 3.63) is 24.3 Å². The summed E-state index contributed by atoms with van der Waals surface area (Å²) in [5.41, 5.74) is 6.60. The molecule has 0 saturated heterocycles. The molecule has 18 heavy (non-hydrogen) atoms. The van der Waals surface area contributed by atoms with E-state index in [0.29, 0.717) is 6.54 Å². The zero-order chi connectivity index (χ0) is 13.7. The molecule has 0 fully saturated rings. The van der Waals surface area contributed by atoms with Gasteiger partial charge in [-0.3, -0.25) is 4.79 Å². The lowest BCUT2D eigenvalue weighted by atomic mass is 9.94. The molecule has 3 nitrogen and oxygen atoms in total. The number of carbonyl (C=O) groups excluding carboxylic acids is 1. The van der Waals surface area contributed by atoms with E-state index in [4.69, 9.17) is 5.73 Å². The summed E-state index contributed by atoms with van der Waals surface area (Å²) in [4.78, 5) is 15.2. The third kappa shape index (κ3) is 3.50. The van der Waals surface area contributed by atoms with E-state index in [1.165, 1.54) is 4.90 Å². The predicted molar refractivity (Wildman–Crippen MR) is 79.0 cm³/mol. The van der Waals surface area contributed by atoms with Crippen LogP contribution in [0.2, 0.25) is 0 Å². The van der Waals surface area contributed by atoms with E-state index in [-0.39, 0.29) is 17.7 Å². The first-order valence-electron chi connectivity index (χ1n) is 6.13. The van der Waals surface area contributed by atoms with Crippen LogP contribution in [0.4, 0.5) is 5.69 Å². The molecule has 0 bridgehead atoms. The van der Waals surface area contributed by atoms with E-state index in [1.54, 1.807) is 16.7 Å². The molecule has 0 heterocycles. The molecule has 0 aliphatic carbocycles. The van der Waals surface area contributed by atoms with Gasteiger partial charge >= 0.3 is 0 Å². The molecule has 2 N–H and O–H groups in total. The maximum atomic E-state index is 12.3. The minimum Gasteiger partial charge on any atom is -0.330 e. The van der Waals surface area contributed by atoms with Crippen LogP contribution in [-0.4, -0.2) is 25.8 Å². The molecule has 100 valence electrons. The molecule has 0 aliphatic heterocycles. The van der Waals surface area contributed by atoms with E-state index in [9.17, 15) is 4.79 Å². The van der Waals surface area contributed by atoms with Gasteiger partial charge in [-0.05, 0) is 36.4 Å². The molecule has 0 radical (unpaired) electrons. The van der Waals surface area contributed by atoms with Gasteiger partial charge in [0.2, 0.25) is 5.91 Å². The summed E-state index contributed by atoms with van der Waals surface area (Å²) in [5, 5.41) is 0. The van der Waals surface area contributed by atoms with Crippen LogP contribution in [0.25, 0.3) is 0 Å². The fourth-order valence-electron chi connectivity index (χ4n) is 1.84. The Morgan fingerprint density at radius 2 is 1.89 bits per heavy atom. The third-order valence-corrected chi connectivity index (χ3v) is 3.91. The van der Waals surface area contributed by atoms with Crippen molar-refractivity contribution in [3.8, 4) is 0 Å². The summed E-state index contributed by atoms with van der Waals surface area (Å²) in [5.74, 6) is 0.232. The summed E-state index contributed by atoms with van der Waals surface area (Å²) in [7, 11) is 1.81. The third-order valence-electron chi connectivity index (χ3n) is 3.17. The first-order chi connectivity index (χ1) is 8.51. The predicted octanol–water partition coefficient (Wildman–Crippen LogP) is 2.60. The molecular formula is C14H22N2OS. The van der Waals surface area contributed by atoms with E-state index < -0.39 is 0 Å².